The van der Waals surface area contributed by atoms with Crippen molar-refractivity contribution in [3.8, 4) is 11.5 Å². The van der Waals surface area contributed by atoms with Gasteiger partial charge in [-0.1, -0.05) is 34.1 Å². The number of benzene rings is 3. The van der Waals surface area contributed by atoms with Gasteiger partial charge in [-0.3, -0.25) is 14.4 Å². The molecule has 3 aromatic carbocycles. The minimum atomic E-state index is -1.05. The zero-order valence-corrected chi connectivity index (χ0v) is 18.1. The number of hydrogen-bond donors (Lipinski definition) is 1. The van der Waals surface area contributed by atoms with Gasteiger partial charge in [-0.25, -0.2) is 14.6 Å². The first kappa shape index (κ1) is 21.3. The Morgan fingerprint density at radius 2 is 1.41 bits per heavy atom. The summed E-state index contributed by atoms with van der Waals surface area (Å²) in [4.78, 5) is 50.8. The summed E-state index contributed by atoms with van der Waals surface area (Å²) in [6, 6.07) is 21.1. The fourth-order valence-electron chi connectivity index (χ4n) is 3.04. The van der Waals surface area contributed by atoms with Crippen molar-refractivity contribution in [1.29, 1.82) is 0 Å². The van der Waals surface area contributed by atoms with Gasteiger partial charge in [-0.05, 0) is 60.7 Å². The smallest absolute Gasteiger partial charge is 0.339 e. The normalized spacial score (nSPS) is 13.5. The van der Waals surface area contributed by atoms with E-state index in [1.165, 1.54) is 12.1 Å². The fraction of sp³-hybridized carbons (Fsp3) is 0.0435. The van der Waals surface area contributed by atoms with Crippen LogP contribution in [-0.2, 0) is 14.4 Å². The molecule has 1 aliphatic heterocycles. The Balaban J connectivity index is 1.38. The van der Waals surface area contributed by atoms with E-state index in [1.807, 2.05) is 24.3 Å². The number of rotatable bonds is 6. The molecule has 5 amide bonds. The number of urea groups is 1. The third-order valence-electron chi connectivity index (χ3n) is 4.56. The number of amides is 5. The van der Waals surface area contributed by atoms with Crippen molar-refractivity contribution < 1.29 is 23.9 Å². The van der Waals surface area contributed by atoms with Gasteiger partial charge < -0.3 is 10.1 Å². The second kappa shape index (κ2) is 9.03. The third kappa shape index (κ3) is 4.52. The van der Waals surface area contributed by atoms with Crippen LogP contribution < -0.4 is 15.0 Å². The van der Waals surface area contributed by atoms with Gasteiger partial charge in [-0.2, -0.15) is 0 Å². The van der Waals surface area contributed by atoms with Crippen LogP contribution in [0, 0.1) is 0 Å². The fourth-order valence-corrected chi connectivity index (χ4v) is 3.30. The molecule has 0 spiro atoms. The molecule has 0 saturated carbocycles. The summed E-state index contributed by atoms with van der Waals surface area (Å²) >= 11 is 3.36. The Hall–Kier alpha value is -3.98. The Kier molecular flexibility index (Phi) is 6.00. The van der Waals surface area contributed by atoms with Crippen LogP contribution in [0.5, 0.6) is 11.5 Å². The molecule has 4 rings (SSSR count). The number of anilines is 2. The first-order valence-corrected chi connectivity index (χ1v) is 10.3. The second-order valence-electron chi connectivity index (χ2n) is 6.78. The van der Waals surface area contributed by atoms with Crippen LogP contribution >= 0.6 is 15.9 Å². The number of para-hydroxylation sites is 1. The molecule has 0 unspecified atom stereocenters. The molecule has 8 nitrogen and oxygen atoms in total. The average Bonchev–Trinajstić information content (AvgIpc) is 3.00. The Labute approximate surface area is 191 Å². The Bertz CT molecular complexity index is 1180. The quantitative estimate of drug-likeness (QED) is 0.410. The van der Waals surface area contributed by atoms with Gasteiger partial charge in [0.1, 0.15) is 18.0 Å². The number of carbonyl (C=O) groups excluding carboxylic acids is 4. The minimum absolute atomic E-state index is 0.264. The zero-order chi connectivity index (χ0) is 22.7. The van der Waals surface area contributed by atoms with Gasteiger partial charge in [0, 0.05) is 10.2 Å². The maximum absolute atomic E-state index is 12.6. The van der Waals surface area contributed by atoms with Crippen LogP contribution in [0.1, 0.15) is 0 Å². The summed E-state index contributed by atoms with van der Waals surface area (Å²) in [6.45, 7) is -0.579. The van der Waals surface area contributed by atoms with E-state index in [2.05, 4.69) is 21.2 Å². The van der Waals surface area contributed by atoms with Crippen molar-refractivity contribution >= 4 is 51.1 Å². The molecular weight excluding hydrogens is 478 g/mol. The van der Waals surface area contributed by atoms with E-state index in [1.54, 1.807) is 42.5 Å². The van der Waals surface area contributed by atoms with Crippen molar-refractivity contribution in [3.63, 3.8) is 0 Å². The van der Waals surface area contributed by atoms with E-state index >= 15 is 0 Å². The number of carbonyl (C=O) groups is 4. The van der Waals surface area contributed by atoms with E-state index < -0.39 is 30.3 Å². The maximum atomic E-state index is 12.6. The molecule has 1 heterocycles. The zero-order valence-electron chi connectivity index (χ0n) is 16.5. The highest BCUT2D eigenvalue weighted by atomic mass is 79.9. The predicted octanol–water partition coefficient (Wildman–Crippen LogP) is 4.18. The Morgan fingerprint density at radius 1 is 0.812 bits per heavy atom. The summed E-state index contributed by atoms with van der Waals surface area (Å²) in [5.74, 6) is -1.44. The second-order valence-corrected chi connectivity index (χ2v) is 7.69. The number of halogens is 1. The first-order valence-electron chi connectivity index (χ1n) is 9.50. The van der Waals surface area contributed by atoms with Crippen LogP contribution in [0.4, 0.5) is 16.2 Å². The molecule has 0 bridgehead atoms. The summed E-state index contributed by atoms with van der Waals surface area (Å²) in [5.41, 5.74) is 0.712. The van der Waals surface area contributed by atoms with Gasteiger partial charge in [-0.15, -0.1) is 0 Å². The van der Waals surface area contributed by atoms with E-state index in [9.17, 15) is 19.2 Å². The van der Waals surface area contributed by atoms with Crippen LogP contribution in [0.2, 0.25) is 0 Å². The molecule has 0 radical (unpaired) electrons. The predicted molar refractivity (Wildman–Crippen MR) is 120 cm³/mol. The van der Waals surface area contributed by atoms with Crippen LogP contribution in [0.15, 0.2) is 83.3 Å². The molecule has 0 atom stereocenters. The summed E-state index contributed by atoms with van der Waals surface area (Å²) < 4.78 is 6.66. The lowest BCUT2D eigenvalue weighted by Crippen LogP contribution is -2.39. The molecule has 1 saturated heterocycles. The highest BCUT2D eigenvalue weighted by molar-refractivity contribution is 9.10. The number of ether oxygens (including phenoxy) is 1. The van der Waals surface area contributed by atoms with Crippen molar-refractivity contribution in [3.05, 3.63) is 83.3 Å². The molecule has 0 aliphatic carbocycles. The van der Waals surface area contributed by atoms with E-state index in [4.69, 9.17) is 4.74 Å². The highest BCUT2D eigenvalue weighted by Crippen LogP contribution is 2.25. The largest absolute Gasteiger partial charge is 0.457 e. The molecule has 1 fully saturated rings. The highest BCUT2D eigenvalue weighted by Gasteiger charge is 2.46. The summed E-state index contributed by atoms with van der Waals surface area (Å²) in [7, 11) is 0. The molecule has 32 heavy (non-hydrogen) atoms. The lowest BCUT2D eigenvalue weighted by atomic mass is 10.3. The van der Waals surface area contributed by atoms with Crippen LogP contribution in [-0.4, -0.2) is 35.2 Å². The molecule has 1 N–H and O–H groups in total. The topological polar surface area (TPSA) is 96.0 Å². The van der Waals surface area contributed by atoms with Gasteiger partial charge in [0.05, 0.1) is 5.69 Å². The van der Waals surface area contributed by atoms with Crippen LogP contribution in [0.3, 0.4) is 0 Å². The van der Waals surface area contributed by atoms with Gasteiger partial charge >= 0.3 is 17.8 Å². The number of hydrogen-bond acceptors (Lipinski definition) is 5. The van der Waals surface area contributed by atoms with Gasteiger partial charge in [0.25, 0.3) is 0 Å². The molecule has 1 aliphatic rings. The van der Waals surface area contributed by atoms with E-state index in [0.717, 1.165) is 9.37 Å². The molecule has 160 valence electrons. The van der Waals surface area contributed by atoms with Crippen LogP contribution in [0.25, 0.3) is 0 Å². The van der Waals surface area contributed by atoms with Crippen molar-refractivity contribution in [2.75, 3.05) is 16.8 Å². The van der Waals surface area contributed by atoms with Gasteiger partial charge in [0.2, 0.25) is 5.91 Å². The number of nitrogens with zero attached hydrogens (tertiary/aromatic N) is 2. The van der Waals surface area contributed by atoms with E-state index in [0.29, 0.717) is 22.1 Å². The molecule has 9 heteroatoms. The van der Waals surface area contributed by atoms with Crippen molar-refractivity contribution in [1.82, 2.24) is 4.90 Å². The lowest BCUT2D eigenvalue weighted by Gasteiger charge is -2.15. The monoisotopic (exact) mass is 493 g/mol. The number of imide groups is 2. The van der Waals surface area contributed by atoms with E-state index in [-0.39, 0.29) is 5.69 Å². The maximum Gasteiger partial charge on any atom is 0.339 e. The molecular formula is C23H16BrN3O5. The van der Waals surface area contributed by atoms with Crippen molar-refractivity contribution in [2.24, 2.45) is 0 Å². The Morgan fingerprint density at radius 3 is 2.03 bits per heavy atom. The lowest BCUT2D eigenvalue weighted by molar-refractivity contribution is -0.140. The average molecular weight is 494 g/mol. The first-order chi connectivity index (χ1) is 15.4. The summed E-state index contributed by atoms with van der Waals surface area (Å²) in [5, 5.41) is 2.60. The van der Waals surface area contributed by atoms with Crippen molar-refractivity contribution in [2.45, 2.75) is 0 Å². The standard InChI is InChI=1S/C23H16BrN3O5/c24-15-6-10-18(11-7-15)32-19-12-8-16(9-13-19)25-20(28)14-26-21(29)22(30)27(23(26)31)17-4-2-1-3-5-17/h1-13H,14H2,(H,25,28). The SMILES string of the molecule is O=C(CN1C(=O)C(=O)N(c2ccccc2)C1=O)Nc1ccc(Oc2ccc(Br)cc2)cc1. The third-order valence-corrected chi connectivity index (χ3v) is 5.09. The molecule has 0 aromatic heterocycles. The molecule has 3 aromatic rings. The minimum Gasteiger partial charge on any atom is -0.457 e. The van der Waals surface area contributed by atoms with Gasteiger partial charge in [0.15, 0.2) is 0 Å². The summed E-state index contributed by atoms with van der Waals surface area (Å²) in [6.07, 6.45) is 0. The number of nitrogens with one attached hydrogen (secondary N) is 1.